The molecule has 0 aromatic rings. The van der Waals surface area contributed by atoms with Crippen LogP contribution < -0.4 is 11.2 Å². The fourth-order valence-electron chi connectivity index (χ4n) is 1.74. The molecule has 108 valence electrons. The average molecular weight is 258 g/mol. The van der Waals surface area contributed by atoms with Gasteiger partial charge in [0.1, 0.15) is 0 Å². The molecular weight excluding hydrogens is 228 g/mol. The minimum absolute atomic E-state index is 0.166. The molecule has 0 spiro atoms. The molecule has 18 heavy (non-hydrogen) atoms. The first-order chi connectivity index (χ1) is 8.45. The Labute approximate surface area is 112 Å². The van der Waals surface area contributed by atoms with Crippen LogP contribution in [0.15, 0.2) is 0 Å². The topological polar surface area (TPSA) is 64.3 Å². The molecule has 0 unspecified atom stereocenters. The number of amides is 1. The van der Waals surface area contributed by atoms with E-state index in [-0.39, 0.29) is 5.91 Å². The predicted octanol–water partition coefficient (Wildman–Crippen LogP) is 2.77. The Bertz CT molecular complexity index is 212. The van der Waals surface area contributed by atoms with Crippen molar-refractivity contribution in [1.82, 2.24) is 5.32 Å². The van der Waals surface area contributed by atoms with Crippen LogP contribution in [0, 0.1) is 5.41 Å². The van der Waals surface area contributed by atoms with E-state index in [2.05, 4.69) is 30.9 Å². The lowest BCUT2D eigenvalue weighted by atomic mass is 9.90. The van der Waals surface area contributed by atoms with Crippen molar-refractivity contribution in [2.24, 2.45) is 11.3 Å². The summed E-state index contributed by atoms with van der Waals surface area (Å²) in [6.45, 7) is 8.12. The van der Waals surface area contributed by atoms with Gasteiger partial charge < -0.3 is 10.2 Å². The summed E-state index contributed by atoms with van der Waals surface area (Å²) in [7, 11) is 0. The van der Waals surface area contributed by atoms with Crippen LogP contribution in [0.1, 0.15) is 65.7 Å². The molecule has 0 aliphatic rings. The van der Waals surface area contributed by atoms with E-state index in [1.165, 1.54) is 12.8 Å². The van der Waals surface area contributed by atoms with E-state index < -0.39 is 0 Å². The Kier molecular flexibility index (Phi) is 9.98. The van der Waals surface area contributed by atoms with Gasteiger partial charge in [-0.3, -0.25) is 4.79 Å². The number of carbonyl (C=O) groups is 1. The highest BCUT2D eigenvalue weighted by Gasteiger charge is 2.08. The summed E-state index contributed by atoms with van der Waals surface area (Å²) < 4.78 is 0. The molecule has 0 aromatic carbocycles. The first-order valence-corrected chi connectivity index (χ1v) is 7.04. The van der Waals surface area contributed by atoms with E-state index >= 15 is 0 Å². The van der Waals surface area contributed by atoms with Crippen LogP contribution in [0.3, 0.4) is 0 Å². The van der Waals surface area contributed by atoms with Gasteiger partial charge in [-0.15, -0.1) is 0 Å². The number of nitrogens with two attached hydrogens (primary N) is 1. The van der Waals surface area contributed by atoms with Crippen molar-refractivity contribution in [1.29, 1.82) is 0 Å². The number of nitrogens with one attached hydrogen (secondary N) is 1. The zero-order chi connectivity index (χ0) is 13.9. The molecule has 0 aromatic heterocycles. The quantitative estimate of drug-likeness (QED) is 0.468. The Morgan fingerprint density at radius 2 is 1.83 bits per heavy atom. The SMILES string of the molecule is CC(C)(C)CCCCNC(=O)CCCCCON. The fourth-order valence-corrected chi connectivity index (χ4v) is 1.74. The minimum atomic E-state index is 0.166. The van der Waals surface area contributed by atoms with Crippen molar-refractivity contribution in [2.45, 2.75) is 65.7 Å². The molecular formula is C14H30N2O2. The van der Waals surface area contributed by atoms with E-state index in [0.29, 0.717) is 18.4 Å². The molecule has 0 atom stereocenters. The van der Waals surface area contributed by atoms with Gasteiger partial charge in [0, 0.05) is 13.0 Å². The first kappa shape index (κ1) is 17.4. The second-order valence-corrected chi connectivity index (χ2v) is 6.05. The molecule has 0 fully saturated rings. The van der Waals surface area contributed by atoms with Gasteiger partial charge in [-0.2, -0.15) is 0 Å². The van der Waals surface area contributed by atoms with E-state index in [9.17, 15) is 4.79 Å². The van der Waals surface area contributed by atoms with Crippen molar-refractivity contribution in [3.8, 4) is 0 Å². The molecule has 4 nitrogen and oxygen atoms in total. The molecule has 0 radical (unpaired) electrons. The highest BCUT2D eigenvalue weighted by atomic mass is 16.6. The molecule has 0 saturated carbocycles. The average Bonchev–Trinajstić information content (AvgIpc) is 2.27. The van der Waals surface area contributed by atoms with Crippen LogP contribution >= 0.6 is 0 Å². The molecule has 0 bridgehead atoms. The zero-order valence-corrected chi connectivity index (χ0v) is 12.3. The van der Waals surface area contributed by atoms with Crippen LogP contribution in [0.25, 0.3) is 0 Å². The molecule has 1 amide bonds. The summed E-state index contributed by atoms with van der Waals surface area (Å²) in [5.41, 5.74) is 0.398. The summed E-state index contributed by atoms with van der Waals surface area (Å²) in [6.07, 6.45) is 6.91. The van der Waals surface area contributed by atoms with Gasteiger partial charge in [-0.1, -0.05) is 33.6 Å². The zero-order valence-electron chi connectivity index (χ0n) is 12.3. The van der Waals surface area contributed by atoms with Crippen LogP contribution in [0.5, 0.6) is 0 Å². The van der Waals surface area contributed by atoms with Crippen LogP contribution in [-0.4, -0.2) is 19.1 Å². The third-order valence-electron chi connectivity index (χ3n) is 2.84. The molecule has 4 heteroatoms. The number of rotatable bonds is 10. The number of carbonyl (C=O) groups excluding carboxylic acids is 1. The minimum Gasteiger partial charge on any atom is -0.356 e. The smallest absolute Gasteiger partial charge is 0.219 e. The second kappa shape index (κ2) is 10.3. The van der Waals surface area contributed by atoms with Crippen molar-refractivity contribution in [3.05, 3.63) is 0 Å². The second-order valence-electron chi connectivity index (χ2n) is 6.05. The van der Waals surface area contributed by atoms with Gasteiger partial charge in [-0.05, 0) is 31.1 Å². The summed E-state index contributed by atoms with van der Waals surface area (Å²) >= 11 is 0. The Balaban J connectivity index is 3.27. The summed E-state index contributed by atoms with van der Waals surface area (Å²) in [6, 6.07) is 0. The van der Waals surface area contributed by atoms with E-state index in [0.717, 1.165) is 32.2 Å². The van der Waals surface area contributed by atoms with Gasteiger partial charge >= 0.3 is 0 Å². The van der Waals surface area contributed by atoms with Crippen molar-refractivity contribution in [2.75, 3.05) is 13.2 Å². The van der Waals surface area contributed by atoms with Crippen molar-refractivity contribution >= 4 is 5.91 Å². The Hall–Kier alpha value is -0.610. The summed E-state index contributed by atoms with van der Waals surface area (Å²) in [5, 5.41) is 2.96. The summed E-state index contributed by atoms with van der Waals surface area (Å²) in [5.74, 6) is 5.08. The number of hydrogen-bond acceptors (Lipinski definition) is 3. The Morgan fingerprint density at radius 3 is 2.44 bits per heavy atom. The molecule has 0 aliphatic carbocycles. The normalized spacial score (nSPS) is 11.6. The highest BCUT2D eigenvalue weighted by Crippen LogP contribution is 2.21. The van der Waals surface area contributed by atoms with Crippen molar-refractivity contribution in [3.63, 3.8) is 0 Å². The van der Waals surface area contributed by atoms with Gasteiger partial charge in [0.15, 0.2) is 0 Å². The maximum atomic E-state index is 11.5. The highest BCUT2D eigenvalue weighted by molar-refractivity contribution is 5.75. The molecule has 0 aliphatic heterocycles. The number of hydrogen-bond donors (Lipinski definition) is 2. The molecule has 0 saturated heterocycles. The number of unbranched alkanes of at least 4 members (excludes halogenated alkanes) is 3. The van der Waals surface area contributed by atoms with Gasteiger partial charge in [0.05, 0.1) is 6.61 Å². The monoisotopic (exact) mass is 258 g/mol. The maximum absolute atomic E-state index is 11.5. The van der Waals surface area contributed by atoms with Crippen LogP contribution in [-0.2, 0) is 9.63 Å². The van der Waals surface area contributed by atoms with Gasteiger partial charge in [0.2, 0.25) is 5.91 Å². The third kappa shape index (κ3) is 13.5. The van der Waals surface area contributed by atoms with Crippen LogP contribution in [0.4, 0.5) is 0 Å². The maximum Gasteiger partial charge on any atom is 0.219 e. The first-order valence-electron chi connectivity index (χ1n) is 7.04. The third-order valence-corrected chi connectivity index (χ3v) is 2.84. The largest absolute Gasteiger partial charge is 0.356 e. The lowest BCUT2D eigenvalue weighted by Crippen LogP contribution is -2.24. The lowest BCUT2D eigenvalue weighted by molar-refractivity contribution is -0.121. The van der Waals surface area contributed by atoms with Gasteiger partial charge in [-0.25, -0.2) is 5.90 Å². The van der Waals surface area contributed by atoms with E-state index in [1.54, 1.807) is 0 Å². The fraction of sp³-hybridized carbons (Fsp3) is 0.929. The van der Waals surface area contributed by atoms with E-state index in [1.807, 2.05) is 0 Å². The Morgan fingerprint density at radius 1 is 1.11 bits per heavy atom. The standard InChI is InChI=1S/C14H30N2O2/c1-14(2,3)10-6-7-11-16-13(17)9-5-4-8-12-18-15/h4-12,15H2,1-3H3,(H,16,17). The van der Waals surface area contributed by atoms with E-state index in [4.69, 9.17) is 5.90 Å². The lowest BCUT2D eigenvalue weighted by Gasteiger charge is -2.17. The predicted molar refractivity (Wildman–Crippen MR) is 74.9 cm³/mol. The van der Waals surface area contributed by atoms with Gasteiger partial charge in [0.25, 0.3) is 0 Å². The summed E-state index contributed by atoms with van der Waals surface area (Å²) in [4.78, 5) is 15.9. The molecule has 0 heterocycles. The molecule has 0 rings (SSSR count). The van der Waals surface area contributed by atoms with Crippen molar-refractivity contribution < 1.29 is 9.63 Å². The van der Waals surface area contributed by atoms with Crippen LogP contribution in [0.2, 0.25) is 0 Å². The molecule has 3 N–H and O–H groups in total.